The van der Waals surface area contributed by atoms with Gasteiger partial charge in [0, 0.05) is 25.4 Å². The largest absolute Gasteiger partial charge is 0.467 e. The van der Waals surface area contributed by atoms with Crippen molar-refractivity contribution >= 4 is 11.6 Å². The SMILES string of the molecule is O=C(COc1ccc2nncn2n1)N1CCC2(CC1)OCCc1cn(-c3ccccc3)nc12. The van der Waals surface area contributed by atoms with E-state index in [0.717, 1.165) is 17.8 Å². The molecule has 0 bridgehead atoms. The Bertz CT molecular complexity index is 1290. The summed E-state index contributed by atoms with van der Waals surface area (Å²) in [6, 6.07) is 13.5. The quantitative estimate of drug-likeness (QED) is 0.472. The first-order valence-corrected chi connectivity index (χ1v) is 11.1. The highest BCUT2D eigenvalue weighted by atomic mass is 16.5. The molecule has 1 saturated heterocycles. The number of rotatable bonds is 4. The van der Waals surface area contributed by atoms with E-state index in [1.165, 1.54) is 16.4 Å². The summed E-state index contributed by atoms with van der Waals surface area (Å²) in [6.07, 6.45) is 5.88. The molecule has 0 unspecified atom stereocenters. The lowest BCUT2D eigenvalue weighted by molar-refractivity contribution is -0.143. The first kappa shape index (κ1) is 19.9. The number of hydrogen-bond acceptors (Lipinski definition) is 7. The molecule has 0 N–H and O–H groups in total. The van der Waals surface area contributed by atoms with Gasteiger partial charge in [0.1, 0.15) is 11.9 Å². The highest BCUT2D eigenvalue weighted by molar-refractivity contribution is 5.77. The molecular weight excluding hydrogens is 422 g/mol. The van der Waals surface area contributed by atoms with Crippen LogP contribution in [0.15, 0.2) is 55.0 Å². The summed E-state index contributed by atoms with van der Waals surface area (Å²) in [4.78, 5) is 14.6. The van der Waals surface area contributed by atoms with Gasteiger partial charge in [0.25, 0.3) is 5.91 Å². The van der Waals surface area contributed by atoms with Crippen LogP contribution in [0, 0.1) is 0 Å². The number of benzene rings is 1. The Kier molecular flexibility index (Phi) is 4.79. The minimum atomic E-state index is -0.438. The number of carbonyl (C=O) groups is 1. The third-order valence-electron chi connectivity index (χ3n) is 6.40. The van der Waals surface area contributed by atoms with Gasteiger partial charge in [-0.2, -0.15) is 9.61 Å². The molecule has 6 rings (SSSR count). The van der Waals surface area contributed by atoms with Crippen LogP contribution in [0.5, 0.6) is 5.88 Å². The Morgan fingerprint density at radius 1 is 1.09 bits per heavy atom. The maximum atomic E-state index is 12.8. The zero-order chi connectivity index (χ0) is 22.3. The molecule has 4 aromatic rings. The minimum absolute atomic E-state index is 0.0671. The number of piperidine rings is 1. The molecule has 1 aromatic carbocycles. The summed E-state index contributed by atoms with van der Waals surface area (Å²) >= 11 is 0. The Morgan fingerprint density at radius 3 is 2.79 bits per heavy atom. The molecule has 3 aromatic heterocycles. The molecule has 10 heteroatoms. The van der Waals surface area contributed by atoms with Crippen molar-refractivity contribution in [3.63, 3.8) is 0 Å². The molecule has 33 heavy (non-hydrogen) atoms. The number of ether oxygens (including phenoxy) is 2. The van der Waals surface area contributed by atoms with Gasteiger partial charge in [-0.1, -0.05) is 18.2 Å². The van der Waals surface area contributed by atoms with E-state index in [0.29, 0.717) is 44.1 Å². The van der Waals surface area contributed by atoms with E-state index >= 15 is 0 Å². The van der Waals surface area contributed by atoms with E-state index in [9.17, 15) is 4.79 Å². The Labute approximate surface area is 189 Å². The topological polar surface area (TPSA) is 99.7 Å². The summed E-state index contributed by atoms with van der Waals surface area (Å²) in [6.45, 7) is 1.79. The van der Waals surface area contributed by atoms with Gasteiger partial charge in [-0.15, -0.1) is 15.3 Å². The van der Waals surface area contributed by atoms with Gasteiger partial charge >= 0.3 is 0 Å². The molecule has 10 nitrogen and oxygen atoms in total. The average molecular weight is 445 g/mol. The summed E-state index contributed by atoms with van der Waals surface area (Å²) in [5.41, 5.74) is 3.45. The molecule has 1 fully saturated rings. The zero-order valence-electron chi connectivity index (χ0n) is 18.0. The van der Waals surface area contributed by atoms with Crippen molar-refractivity contribution in [1.82, 2.24) is 34.5 Å². The van der Waals surface area contributed by atoms with Crippen molar-refractivity contribution in [3.8, 4) is 11.6 Å². The molecule has 2 aliphatic rings. The lowest BCUT2D eigenvalue weighted by atomic mass is 9.84. The number of carbonyl (C=O) groups excluding carboxylic acids is 1. The molecule has 2 aliphatic heterocycles. The standard InChI is InChI=1S/C23H23N7O3/c31-21(15-32-20-7-6-19-25-24-16-30(19)26-20)28-11-9-23(10-12-28)22-17(8-13-33-23)14-29(27-22)18-4-2-1-3-5-18/h1-7,14,16H,8-13,15H2. The summed E-state index contributed by atoms with van der Waals surface area (Å²) in [5.74, 6) is 0.289. The van der Waals surface area contributed by atoms with Crippen LogP contribution in [0.25, 0.3) is 11.3 Å². The summed E-state index contributed by atoms with van der Waals surface area (Å²) in [7, 11) is 0. The number of para-hydroxylation sites is 1. The van der Waals surface area contributed by atoms with Crippen LogP contribution in [0.3, 0.4) is 0 Å². The van der Waals surface area contributed by atoms with Gasteiger partial charge in [0.2, 0.25) is 5.88 Å². The molecular formula is C23H23N7O3. The highest BCUT2D eigenvalue weighted by Gasteiger charge is 2.44. The van der Waals surface area contributed by atoms with Crippen molar-refractivity contribution in [2.45, 2.75) is 24.9 Å². The summed E-state index contributed by atoms with van der Waals surface area (Å²) < 4.78 is 15.4. The fourth-order valence-corrected chi connectivity index (χ4v) is 4.63. The predicted octanol–water partition coefficient (Wildman–Crippen LogP) is 1.78. The van der Waals surface area contributed by atoms with Crippen LogP contribution in [-0.4, -0.2) is 66.7 Å². The molecule has 0 aliphatic carbocycles. The van der Waals surface area contributed by atoms with E-state index in [4.69, 9.17) is 14.6 Å². The zero-order valence-corrected chi connectivity index (χ0v) is 18.0. The summed E-state index contributed by atoms with van der Waals surface area (Å²) in [5, 5.41) is 16.8. The van der Waals surface area contributed by atoms with Crippen LogP contribution in [0.2, 0.25) is 0 Å². The van der Waals surface area contributed by atoms with Crippen molar-refractivity contribution < 1.29 is 14.3 Å². The van der Waals surface area contributed by atoms with E-state index in [-0.39, 0.29) is 12.5 Å². The second kappa shape index (κ2) is 7.96. The Balaban J connectivity index is 1.12. The van der Waals surface area contributed by atoms with Crippen LogP contribution in [-0.2, 0) is 21.6 Å². The van der Waals surface area contributed by atoms with Crippen molar-refractivity contribution in [3.05, 3.63) is 66.2 Å². The molecule has 0 saturated carbocycles. The molecule has 1 amide bonds. The lowest BCUT2D eigenvalue weighted by Gasteiger charge is -2.42. The molecule has 1 spiro atoms. The van der Waals surface area contributed by atoms with Crippen molar-refractivity contribution in [2.75, 3.05) is 26.3 Å². The maximum absolute atomic E-state index is 12.8. The smallest absolute Gasteiger partial charge is 0.260 e. The third-order valence-corrected chi connectivity index (χ3v) is 6.40. The highest BCUT2D eigenvalue weighted by Crippen LogP contribution is 2.41. The van der Waals surface area contributed by atoms with Crippen molar-refractivity contribution in [2.24, 2.45) is 0 Å². The maximum Gasteiger partial charge on any atom is 0.260 e. The molecule has 0 radical (unpaired) electrons. The fraction of sp³-hybridized carbons (Fsp3) is 0.348. The van der Waals surface area contributed by atoms with Gasteiger partial charge in [-0.3, -0.25) is 4.79 Å². The molecule has 168 valence electrons. The fourth-order valence-electron chi connectivity index (χ4n) is 4.63. The Morgan fingerprint density at radius 2 is 1.94 bits per heavy atom. The van der Waals surface area contributed by atoms with Gasteiger partial charge in [0.05, 0.1) is 18.0 Å². The number of hydrogen-bond donors (Lipinski definition) is 0. The monoisotopic (exact) mass is 445 g/mol. The van der Waals surface area contributed by atoms with Gasteiger partial charge in [-0.25, -0.2) is 4.68 Å². The second-order valence-corrected chi connectivity index (χ2v) is 8.35. The first-order chi connectivity index (χ1) is 16.2. The number of fused-ring (bicyclic) bond motifs is 3. The number of nitrogens with zero attached hydrogens (tertiary/aromatic N) is 7. The number of aromatic nitrogens is 6. The van der Waals surface area contributed by atoms with E-state index in [2.05, 4.69) is 21.5 Å². The van der Waals surface area contributed by atoms with Gasteiger partial charge in [-0.05, 0) is 43.0 Å². The van der Waals surface area contributed by atoms with Crippen LogP contribution in [0.1, 0.15) is 24.1 Å². The van der Waals surface area contributed by atoms with Crippen LogP contribution < -0.4 is 4.74 Å². The first-order valence-electron chi connectivity index (χ1n) is 11.1. The Hall–Kier alpha value is -3.79. The lowest BCUT2D eigenvalue weighted by Crippen LogP contribution is -2.49. The average Bonchev–Trinajstić information content (AvgIpc) is 3.51. The van der Waals surface area contributed by atoms with Crippen LogP contribution in [0.4, 0.5) is 0 Å². The van der Waals surface area contributed by atoms with E-state index in [1.807, 2.05) is 39.9 Å². The van der Waals surface area contributed by atoms with E-state index in [1.54, 1.807) is 12.1 Å². The third kappa shape index (κ3) is 3.62. The van der Waals surface area contributed by atoms with Crippen LogP contribution >= 0.6 is 0 Å². The minimum Gasteiger partial charge on any atom is -0.467 e. The van der Waals surface area contributed by atoms with Gasteiger partial charge < -0.3 is 14.4 Å². The van der Waals surface area contributed by atoms with Crippen molar-refractivity contribution in [1.29, 1.82) is 0 Å². The number of amides is 1. The molecule has 5 heterocycles. The second-order valence-electron chi connectivity index (χ2n) is 8.35. The van der Waals surface area contributed by atoms with Gasteiger partial charge in [0.15, 0.2) is 12.3 Å². The normalized spacial score (nSPS) is 17.3. The van der Waals surface area contributed by atoms with E-state index < -0.39 is 5.60 Å². The number of likely N-dealkylation sites (tertiary alicyclic amines) is 1. The molecule has 0 atom stereocenters. The predicted molar refractivity (Wildman–Crippen MR) is 117 cm³/mol.